The molecule has 0 amide bonds. The maximum absolute atomic E-state index is 7.42. The summed E-state index contributed by atoms with van der Waals surface area (Å²) >= 11 is 0. The molecule has 0 radical (unpaired) electrons. The summed E-state index contributed by atoms with van der Waals surface area (Å²) in [7, 11) is 3.57. The maximum Gasteiger partial charge on any atom is 0.142 e. The number of hydrogen-bond donors (Lipinski definition) is 1. The first-order valence-corrected chi connectivity index (χ1v) is 4.65. The Bertz CT molecular complexity index is 333. The molecule has 0 heterocycles. The molecule has 0 aliphatic rings. The summed E-state index contributed by atoms with van der Waals surface area (Å²) in [4.78, 5) is 6.69. The Morgan fingerprint density at radius 2 is 2.07 bits per heavy atom. The summed E-state index contributed by atoms with van der Waals surface area (Å²) in [5.74, 6) is 0.308. The topological polar surface area (TPSA) is 48.7 Å². The van der Waals surface area contributed by atoms with Gasteiger partial charge in [-0.2, -0.15) is 0 Å². The lowest BCUT2D eigenvalue weighted by Crippen LogP contribution is -2.21. The van der Waals surface area contributed by atoms with E-state index in [4.69, 9.17) is 10.2 Å². The molecule has 0 aliphatic heterocycles. The van der Waals surface area contributed by atoms with Crippen molar-refractivity contribution in [3.05, 3.63) is 35.9 Å². The van der Waals surface area contributed by atoms with Crippen LogP contribution in [0, 0.1) is 5.41 Å². The molecule has 15 heavy (non-hydrogen) atoms. The zero-order valence-corrected chi connectivity index (χ0v) is 8.97. The molecule has 4 heteroatoms. The van der Waals surface area contributed by atoms with Crippen molar-refractivity contribution in [2.75, 3.05) is 14.1 Å². The third-order valence-electron chi connectivity index (χ3n) is 1.81. The van der Waals surface area contributed by atoms with E-state index in [-0.39, 0.29) is 0 Å². The van der Waals surface area contributed by atoms with Gasteiger partial charge in [0.15, 0.2) is 0 Å². The smallest absolute Gasteiger partial charge is 0.142 e. The molecule has 0 bridgehead atoms. The van der Waals surface area contributed by atoms with E-state index in [9.17, 15) is 0 Å². The van der Waals surface area contributed by atoms with Gasteiger partial charge in [-0.3, -0.25) is 5.41 Å². The zero-order chi connectivity index (χ0) is 11.1. The Kier molecular flexibility index (Phi) is 4.34. The Morgan fingerprint density at radius 3 is 2.67 bits per heavy atom. The molecule has 1 N–H and O–H groups in total. The van der Waals surface area contributed by atoms with Crippen LogP contribution in [0.5, 0.6) is 0 Å². The summed E-state index contributed by atoms with van der Waals surface area (Å²) in [5.41, 5.74) is 1.06. The normalized spacial score (nSPS) is 10.3. The summed E-state index contributed by atoms with van der Waals surface area (Å²) in [6.45, 7) is 0.429. The van der Waals surface area contributed by atoms with Crippen LogP contribution in [0.15, 0.2) is 35.5 Å². The van der Waals surface area contributed by atoms with Gasteiger partial charge in [-0.05, 0) is 5.56 Å². The van der Waals surface area contributed by atoms with E-state index < -0.39 is 0 Å². The van der Waals surface area contributed by atoms with Gasteiger partial charge in [0, 0.05) is 14.1 Å². The van der Waals surface area contributed by atoms with Gasteiger partial charge >= 0.3 is 0 Å². The van der Waals surface area contributed by atoms with Crippen molar-refractivity contribution in [2.45, 2.75) is 6.61 Å². The summed E-state index contributed by atoms with van der Waals surface area (Å²) in [6, 6.07) is 9.78. The van der Waals surface area contributed by atoms with Gasteiger partial charge in [0.1, 0.15) is 18.7 Å². The Balaban J connectivity index is 2.31. The van der Waals surface area contributed by atoms with Crippen molar-refractivity contribution in [1.29, 1.82) is 5.41 Å². The highest BCUT2D eigenvalue weighted by Crippen LogP contribution is 1.99. The van der Waals surface area contributed by atoms with Crippen LogP contribution in [0.4, 0.5) is 0 Å². The highest BCUT2D eigenvalue weighted by Gasteiger charge is 1.93. The van der Waals surface area contributed by atoms with Gasteiger partial charge in [-0.15, -0.1) is 0 Å². The molecule has 80 valence electrons. The first-order valence-electron chi connectivity index (χ1n) is 4.65. The second-order valence-corrected chi connectivity index (χ2v) is 3.27. The average molecular weight is 205 g/mol. The lowest BCUT2D eigenvalue weighted by Gasteiger charge is -2.07. The molecule has 1 rings (SSSR count). The van der Waals surface area contributed by atoms with Gasteiger partial charge in [0.05, 0.1) is 0 Å². The van der Waals surface area contributed by atoms with E-state index in [0.29, 0.717) is 12.4 Å². The fourth-order valence-electron chi connectivity index (χ4n) is 0.889. The predicted octanol–water partition coefficient (Wildman–Crippen LogP) is 1.73. The van der Waals surface area contributed by atoms with Crippen molar-refractivity contribution >= 4 is 12.1 Å². The molecule has 1 aromatic rings. The van der Waals surface area contributed by atoms with Crippen molar-refractivity contribution in [3.8, 4) is 0 Å². The van der Waals surface area contributed by atoms with Crippen LogP contribution in [0.3, 0.4) is 0 Å². The van der Waals surface area contributed by atoms with Crippen molar-refractivity contribution in [2.24, 2.45) is 5.16 Å². The van der Waals surface area contributed by atoms with Gasteiger partial charge in [-0.1, -0.05) is 35.5 Å². The van der Waals surface area contributed by atoms with E-state index in [0.717, 1.165) is 5.56 Å². The molecular weight excluding hydrogens is 190 g/mol. The lowest BCUT2D eigenvalue weighted by atomic mass is 10.2. The summed E-state index contributed by atoms with van der Waals surface area (Å²) < 4.78 is 0. The minimum Gasteiger partial charge on any atom is -0.391 e. The van der Waals surface area contributed by atoms with E-state index in [1.54, 1.807) is 19.0 Å². The minimum atomic E-state index is 0.308. The third-order valence-corrected chi connectivity index (χ3v) is 1.81. The van der Waals surface area contributed by atoms with E-state index in [1.165, 1.54) is 6.21 Å². The van der Waals surface area contributed by atoms with Gasteiger partial charge < -0.3 is 9.74 Å². The van der Waals surface area contributed by atoms with Crippen LogP contribution >= 0.6 is 0 Å². The standard InChI is InChI=1S/C11H15N3O/c1-14(2)11(12)8-13-15-9-10-6-4-3-5-7-10/h3-8,12H,9H2,1-2H3/b12-11?,13-8+. The second-order valence-electron chi connectivity index (χ2n) is 3.27. The van der Waals surface area contributed by atoms with E-state index >= 15 is 0 Å². The van der Waals surface area contributed by atoms with Gasteiger partial charge in [-0.25, -0.2) is 0 Å². The SMILES string of the molecule is CN(C)C(=N)/C=N/OCc1ccccc1. The molecule has 0 saturated carbocycles. The zero-order valence-electron chi connectivity index (χ0n) is 8.97. The van der Waals surface area contributed by atoms with Crippen LogP contribution in [0.2, 0.25) is 0 Å². The molecule has 0 spiro atoms. The molecule has 1 aromatic carbocycles. The van der Waals surface area contributed by atoms with E-state index in [2.05, 4.69) is 5.16 Å². The Morgan fingerprint density at radius 1 is 1.40 bits per heavy atom. The molecule has 4 nitrogen and oxygen atoms in total. The van der Waals surface area contributed by atoms with Gasteiger partial charge in [0.25, 0.3) is 0 Å². The van der Waals surface area contributed by atoms with Crippen LogP contribution in [0.25, 0.3) is 0 Å². The summed E-state index contributed by atoms with van der Waals surface area (Å²) in [5, 5.41) is 11.1. The average Bonchev–Trinajstić information content (AvgIpc) is 2.25. The maximum atomic E-state index is 7.42. The van der Waals surface area contributed by atoms with Crippen molar-refractivity contribution in [1.82, 2.24) is 4.90 Å². The number of rotatable bonds is 4. The van der Waals surface area contributed by atoms with Crippen LogP contribution in [-0.2, 0) is 11.4 Å². The number of nitrogens with one attached hydrogen (secondary N) is 1. The van der Waals surface area contributed by atoms with Crippen LogP contribution in [-0.4, -0.2) is 31.0 Å². The fourth-order valence-corrected chi connectivity index (χ4v) is 0.889. The Hall–Kier alpha value is -1.84. The molecule has 0 saturated heterocycles. The number of hydrogen-bond acceptors (Lipinski definition) is 3. The minimum absolute atomic E-state index is 0.308. The molecule has 0 atom stereocenters. The molecule has 0 fully saturated rings. The second kappa shape index (κ2) is 5.80. The number of benzene rings is 1. The quantitative estimate of drug-likeness (QED) is 0.462. The Labute approximate surface area is 89.7 Å². The highest BCUT2D eigenvalue weighted by atomic mass is 16.6. The first-order chi connectivity index (χ1) is 7.20. The van der Waals surface area contributed by atoms with Crippen LogP contribution < -0.4 is 0 Å². The number of nitrogens with zero attached hydrogens (tertiary/aromatic N) is 2. The molecular formula is C11H15N3O. The highest BCUT2D eigenvalue weighted by molar-refractivity contribution is 6.27. The largest absolute Gasteiger partial charge is 0.391 e. The van der Waals surface area contributed by atoms with E-state index in [1.807, 2.05) is 30.3 Å². The van der Waals surface area contributed by atoms with Crippen molar-refractivity contribution < 1.29 is 4.84 Å². The number of oxime groups is 1. The van der Waals surface area contributed by atoms with Crippen LogP contribution in [0.1, 0.15) is 5.56 Å². The fraction of sp³-hybridized carbons (Fsp3) is 0.273. The van der Waals surface area contributed by atoms with Gasteiger partial charge in [0.2, 0.25) is 0 Å². The first kappa shape index (κ1) is 11.2. The lowest BCUT2D eigenvalue weighted by molar-refractivity contribution is 0.132. The summed E-state index contributed by atoms with van der Waals surface area (Å²) in [6.07, 6.45) is 1.38. The number of amidine groups is 1. The predicted molar refractivity (Wildman–Crippen MR) is 61.1 cm³/mol. The molecule has 0 unspecified atom stereocenters. The monoisotopic (exact) mass is 205 g/mol. The molecule has 0 aromatic heterocycles. The molecule has 0 aliphatic carbocycles. The third kappa shape index (κ3) is 4.26. The van der Waals surface area contributed by atoms with Crippen molar-refractivity contribution in [3.63, 3.8) is 0 Å².